The fourth-order valence-corrected chi connectivity index (χ4v) is 3.53. The van der Waals surface area contributed by atoms with Gasteiger partial charge in [0, 0.05) is 53.4 Å². The Kier molecular flexibility index (Phi) is 6.11. The summed E-state index contributed by atoms with van der Waals surface area (Å²) in [5, 5.41) is 2.84. The van der Waals surface area contributed by atoms with Crippen molar-refractivity contribution in [3.8, 4) is 0 Å². The maximum atomic E-state index is 12.4. The van der Waals surface area contributed by atoms with E-state index in [0.29, 0.717) is 45.1 Å². The molecule has 1 atom stereocenters. The minimum Gasteiger partial charge on any atom is -0.453 e. The van der Waals surface area contributed by atoms with E-state index in [0.717, 1.165) is 4.90 Å². The fraction of sp³-hybridized carbons (Fsp3) is 0.647. The molecule has 3 heterocycles. The summed E-state index contributed by atoms with van der Waals surface area (Å²) >= 11 is 0. The van der Waals surface area contributed by atoms with E-state index in [4.69, 9.17) is 4.74 Å². The summed E-state index contributed by atoms with van der Waals surface area (Å²) in [6.07, 6.45) is 1.10. The van der Waals surface area contributed by atoms with Crippen molar-refractivity contribution in [3.63, 3.8) is 0 Å². The first-order valence-corrected chi connectivity index (χ1v) is 9.37. The molecule has 1 unspecified atom stereocenters. The molecule has 158 valence electrons. The first kappa shape index (κ1) is 20.7. The third-order valence-electron chi connectivity index (χ3n) is 5.28. The Morgan fingerprint density at radius 3 is 2.55 bits per heavy atom. The standard InChI is InChI=1S/C17H25N7O5/c1-20-14-13(15(26)21(2)16(20)27)24(11-19-14)10-12(25)18-4-5-22-6-8-23(9-7-22)17(28)29-3/h11,13H,4-10H2,1-3H3/p+1. The van der Waals surface area contributed by atoms with Crippen LogP contribution in [0.3, 0.4) is 0 Å². The predicted molar refractivity (Wildman–Crippen MR) is 102 cm³/mol. The molecule has 2 fully saturated rings. The van der Waals surface area contributed by atoms with Crippen molar-refractivity contribution in [3.05, 3.63) is 0 Å². The van der Waals surface area contributed by atoms with Crippen molar-refractivity contribution in [1.82, 2.24) is 24.9 Å². The highest BCUT2D eigenvalue weighted by atomic mass is 16.5. The van der Waals surface area contributed by atoms with Crippen LogP contribution < -0.4 is 5.32 Å². The fourth-order valence-electron chi connectivity index (χ4n) is 3.53. The summed E-state index contributed by atoms with van der Waals surface area (Å²) in [7, 11) is 4.33. The average molecular weight is 408 g/mol. The second-order valence-corrected chi connectivity index (χ2v) is 7.07. The van der Waals surface area contributed by atoms with Crippen molar-refractivity contribution in [2.24, 2.45) is 4.99 Å². The van der Waals surface area contributed by atoms with Crippen LogP contribution in [-0.2, 0) is 14.3 Å². The van der Waals surface area contributed by atoms with Gasteiger partial charge in [0.1, 0.15) is 0 Å². The van der Waals surface area contributed by atoms with Gasteiger partial charge < -0.3 is 15.0 Å². The number of carbonyl (C=O) groups excluding carboxylic acids is 4. The van der Waals surface area contributed by atoms with Gasteiger partial charge in [-0.1, -0.05) is 0 Å². The van der Waals surface area contributed by atoms with Crippen LogP contribution in [0.5, 0.6) is 0 Å². The minimum atomic E-state index is -0.764. The van der Waals surface area contributed by atoms with Crippen molar-refractivity contribution < 1.29 is 28.5 Å². The van der Waals surface area contributed by atoms with E-state index in [-0.39, 0.29) is 18.5 Å². The molecule has 2 saturated heterocycles. The number of ether oxygens (including phenoxy) is 1. The Hall–Kier alpha value is -3.02. The van der Waals surface area contributed by atoms with Crippen LogP contribution in [0, 0.1) is 0 Å². The van der Waals surface area contributed by atoms with E-state index in [1.807, 2.05) is 0 Å². The summed E-state index contributed by atoms with van der Waals surface area (Å²) in [6.45, 7) is 3.69. The van der Waals surface area contributed by atoms with Gasteiger partial charge in [0.05, 0.1) is 7.11 Å². The maximum Gasteiger partial charge on any atom is 0.409 e. The second-order valence-electron chi connectivity index (χ2n) is 7.07. The van der Waals surface area contributed by atoms with Gasteiger partial charge in [-0.2, -0.15) is 0 Å². The lowest BCUT2D eigenvalue weighted by Gasteiger charge is -2.33. The molecule has 0 aromatic heterocycles. The third kappa shape index (κ3) is 4.21. The number of nitrogens with one attached hydrogen (secondary N) is 1. The lowest BCUT2D eigenvalue weighted by atomic mass is 10.1. The Labute approximate surface area is 168 Å². The van der Waals surface area contributed by atoms with Crippen molar-refractivity contribution >= 4 is 36.1 Å². The van der Waals surface area contributed by atoms with Crippen LogP contribution in [0.2, 0.25) is 0 Å². The Balaban J connectivity index is 1.42. The predicted octanol–water partition coefficient (Wildman–Crippen LogP) is -2.17. The zero-order chi connectivity index (χ0) is 21.1. The lowest BCUT2D eigenvalue weighted by molar-refractivity contribution is -0.519. The molecule has 0 radical (unpaired) electrons. The molecule has 3 aliphatic heterocycles. The number of aliphatic imine (C=N–C) groups is 1. The van der Waals surface area contributed by atoms with E-state index in [1.165, 1.54) is 30.0 Å². The molecule has 1 N–H and O–H groups in total. The van der Waals surface area contributed by atoms with E-state index < -0.39 is 18.0 Å². The van der Waals surface area contributed by atoms with Gasteiger partial charge in [-0.25, -0.2) is 14.2 Å². The minimum absolute atomic E-state index is 0.0323. The van der Waals surface area contributed by atoms with Gasteiger partial charge in [0.2, 0.25) is 0 Å². The van der Waals surface area contributed by atoms with Gasteiger partial charge >= 0.3 is 12.1 Å². The molecule has 0 bridgehead atoms. The zero-order valence-electron chi connectivity index (χ0n) is 16.8. The Morgan fingerprint density at radius 2 is 1.90 bits per heavy atom. The molecule has 0 aromatic carbocycles. The molecule has 3 aliphatic rings. The molecule has 0 saturated carbocycles. The van der Waals surface area contributed by atoms with Crippen molar-refractivity contribution in [2.75, 3.05) is 67.0 Å². The van der Waals surface area contributed by atoms with Crippen LogP contribution in [0.1, 0.15) is 0 Å². The van der Waals surface area contributed by atoms with E-state index in [9.17, 15) is 19.2 Å². The van der Waals surface area contributed by atoms with Crippen LogP contribution in [0.4, 0.5) is 9.59 Å². The molecule has 0 aromatic rings. The van der Waals surface area contributed by atoms with Crippen molar-refractivity contribution in [2.45, 2.75) is 6.04 Å². The number of likely N-dealkylation sites (N-methyl/N-ethyl adjacent to an activating group) is 2. The number of hydrogen-bond acceptors (Lipinski definition) is 7. The topological polar surface area (TPSA) is 118 Å². The van der Waals surface area contributed by atoms with Gasteiger partial charge in [0.25, 0.3) is 30.0 Å². The third-order valence-corrected chi connectivity index (χ3v) is 5.28. The first-order valence-electron chi connectivity index (χ1n) is 9.37. The zero-order valence-corrected chi connectivity index (χ0v) is 16.8. The molecule has 5 amide bonds. The van der Waals surface area contributed by atoms with Crippen LogP contribution in [0.15, 0.2) is 4.99 Å². The number of piperazine rings is 1. The molecule has 12 nitrogen and oxygen atoms in total. The number of imide groups is 1. The van der Waals surface area contributed by atoms with Crippen molar-refractivity contribution in [1.29, 1.82) is 0 Å². The second kappa shape index (κ2) is 8.55. The normalized spacial score (nSPS) is 22.3. The molecule has 29 heavy (non-hydrogen) atoms. The van der Waals surface area contributed by atoms with E-state index in [2.05, 4.69) is 15.2 Å². The molecule has 0 spiro atoms. The number of carbonyl (C=O) groups is 4. The molecule has 3 rings (SSSR count). The lowest BCUT2D eigenvalue weighted by Crippen LogP contribution is -2.62. The summed E-state index contributed by atoms with van der Waals surface area (Å²) in [5.41, 5.74) is 0. The quantitative estimate of drug-likeness (QED) is 0.518. The SMILES string of the molecule is COC(=O)N1CCN(CCNC(=O)C[N+]2=CN=C3C2C(=O)N(C)C(=O)N3C)CC1. The van der Waals surface area contributed by atoms with Gasteiger partial charge in [-0.15, -0.1) is 0 Å². The van der Waals surface area contributed by atoms with E-state index in [1.54, 1.807) is 11.9 Å². The monoisotopic (exact) mass is 408 g/mol. The van der Waals surface area contributed by atoms with Gasteiger partial charge in [-0.05, 0) is 4.99 Å². The van der Waals surface area contributed by atoms with E-state index >= 15 is 0 Å². The number of urea groups is 1. The highest BCUT2D eigenvalue weighted by Gasteiger charge is 2.50. The Bertz CT molecular complexity index is 772. The molecular weight excluding hydrogens is 382 g/mol. The number of hydrogen-bond donors (Lipinski definition) is 1. The number of amidine groups is 1. The molecule has 0 aliphatic carbocycles. The maximum absolute atomic E-state index is 12.4. The number of rotatable bonds is 5. The van der Waals surface area contributed by atoms with Crippen LogP contribution in [0.25, 0.3) is 0 Å². The largest absolute Gasteiger partial charge is 0.453 e. The highest BCUT2D eigenvalue weighted by Crippen LogP contribution is 2.16. The summed E-state index contributed by atoms with van der Waals surface area (Å²) < 4.78 is 6.24. The average Bonchev–Trinajstić information content (AvgIpc) is 3.14. The number of methoxy groups -OCH3 is 1. The van der Waals surface area contributed by atoms with Crippen LogP contribution >= 0.6 is 0 Å². The van der Waals surface area contributed by atoms with Gasteiger partial charge in [-0.3, -0.25) is 24.3 Å². The van der Waals surface area contributed by atoms with Crippen LogP contribution in [-0.4, -0.2) is 133 Å². The first-order chi connectivity index (χ1) is 13.8. The number of fused-ring (bicyclic) bond motifs is 1. The smallest absolute Gasteiger partial charge is 0.409 e. The number of nitrogens with zero attached hydrogens (tertiary/aromatic N) is 6. The summed E-state index contributed by atoms with van der Waals surface area (Å²) in [6, 6.07) is -1.21. The van der Waals surface area contributed by atoms with Gasteiger partial charge in [0.15, 0.2) is 6.54 Å². The summed E-state index contributed by atoms with van der Waals surface area (Å²) in [5.74, 6) is -0.313. The molecular formula is C17H26N7O5+. The summed E-state index contributed by atoms with van der Waals surface area (Å²) in [4.78, 5) is 58.5. The number of amides is 5. The highest BCUT2D eigenvalue weighted by molar-refractivity contribution is 6.21. The molecule has 12 heteroatoms. The Morgan fingerprint density at radius 1 is 1.21 bits per heavy atom.